The van der Waals surface area contributed by atoms with Crippen molar-refractivity contribution in [2.24, 2.45) is 4.40 Å². The third-order valence-corrected chi connectivity index (χ3v) is 6.73. The molecule has 3 rings (SSSR count). The summed E-state index contributed by atoms with van der Waals surface area (Å²) in [5.74, 6) is 0.170. The molecule has 3 heterocycles. The Morgan fingerprint density at radius 3 is 2.79 bits per heavy atom. The van der Waals surface area contributed by atoms with Gasteiger partial charge in [-0.1, -0.05) is 12.1 Å². The molecule has 0 atom stereocenters. The Bertz CT molecular complexity index is 910. The summed E-state index contributed by atoms with van der Waals surface area (Å²) in [6, 6.07) is 6.52. The molecule has 1 amide bonds. The maximum absolute atomic E-state index is 12.5. The van der Waals surface area contributed by atoms with Crippen molar-refractivity contribution in [3.63, 3.8) is 0 Å². The summed E-state index contributed by atoms with van der Waals surface area (Å²) in [4.78, 5) is 14.1. The Balaban J connectivity index is 1.98. The van der Waals surface area contributed by atoms with Crippen molar-refractivity contribution in [3.8, 4) is 0 Å². The Morgan fingerprint density at radius 2 is 2.17 bits per heavy atom. The van der Waals surface area contributed by atoms with Gasteiger partial charge in [0.05, 0.1) is 11.2 Å². The lowest BCUT2D eigenvalue weighted by Gasteiger charge is -2.12. The Morgan fingerprint density at radius 1 is 1.33 bits per heavy atom. The van der Waals surface area contributed by atoms with Crippen LogP contribution in [0.4, 0.5) is 0 Å². The average Bonchev–Trinajstić information content (AvgIpc) is 3.26. The molecule has 2 aromatic heterocycles. The van der Waals surface area contributed by atoms with E-state index in [2.05, 4.69) is 11.0 Å². The zero-order valence-corrected chi connectivity index (χ0v) is 14.7. The van der Waals surface area contributed by atoms with Crippen LogP contribution in [-0.2, 0) is 14.8 Å². The molecule has 0 radical (unpaired) electrons. The quantitative estimate of drug-likeness (QED) is 0.588. The topological polar surface area (TPSA) is 80.0 Å². The number of hydrogen-bond acceptors (Lipinski definition) is 6. The van der Waals surface area contributed by atoms with Crippen LogP contribution in [0.25, 0.3) is 6.08 Å². The third-order valence-electron chi connectivity index (χ3n) is 2.96. The molecule has 0 bridgehead atoms. The van der Waals surface area contributed by atoms with E-state index in [0.717, 1.165) is 23.1 Å². The van der Waals surface area contributed by atoms with Gasteiger partial charge in [-0.05, 0) is 35.3 Å². The normalized spacial score (nSPS) is 18.7. The fourth-order valence-electron chi connectivity index (χ4n) is 1.93. The van der Waals surface area contributed by atoms with Gasteiger partial charge < -0.3 is 4.42 Å². The summed E-state index contributed by atoms with van der Waals surface area (Å²) in [5.41, 5.74) is 0. The summed E-state index contributed by atoms with van der Waals surface area (Å²) in [7, 11) is -3.85. The van der Waals surface area contributed by atoms with E-state index in [4.69, 9.17) is 4.42 Å². The minimum atomic E-state index is -3.85. The van der Waals surface area contributed by atoms with Gasteiger partial charge in [0.2, 0.25) is 0 Å². The molecule has 0 aromatic carbocycles. The average molecular weight is 380 g/mol. The van der Waals surface area contributed by atoms with E-state index in [-0.39, 0.29) is 21.8 Å². The molecule has 124 valence electrons. The number of furan rings is 1. The number of carbonyl (C=O) groups excluding carboxylic acids is 1. The molecule has 0 N–H and O–H groups in total. The highest BCUT2D eigenvalue weighted by atomic mass is 32.2. The van der Waals surface area contributed by atoms with Crippen LogP contribution in [0, 0.1) is 0 Å². The van der Waals surface area contributed by atoms with E-state index in [1.807, 2.05) is 0 Å². The number of amidine groups is 1. The van der Waals surface area contributed by atoms with Gasteiger partial charge in [-0.3, -0.25) is 9.69 Å². The summed E-state index contributed by atoms with van der Waals surface area (Å²) in [6.45, 7) is 3.76. The number of amides is 1. The highest BCUT2D eigenvalue weighted by Crippen LogP contribution is 2.34. The highest BCUT2D eigenvalue weighted by molar-refractivity contribution is 8.19. The first-order valence-electron chi connectivity index (χ1n) is 6.75. The zero-order chi connectivity index (χ0) is 17.2. The number of sulfonamides is 1. The van der Waals surface area contributed by atoms with Crippen molar-refractivity contribution in [1.82, 2.24) is 4.90 Å². The molecular formula is C15H12N2O4S3. The number of carbonyl (C=O) groups is 1. The summed E-state index contributed by atoms with van der Waals surface area (Å²) in [6.07, 6.45) is 4.57. The first kappa shape index (κ1) is 16.7. The lowest BCUT2D eigenvalue weighted by Crippen LogP contribution is -2.29. The lowest BCUT2D eigenvalue weighted by atomic mass is 10.3. The van der Waals surface area contributed by atoms with Crippen LogP contribution in [-0.4, -0.2) is 30.9 Å². The predicted molar refractivity (Wildman–Crippen MR) is 95.1 cm³/mol. The second-order valence-corrected chi connectivity index (χ2v) is 8.40. The van der Waals surface area contributed by atoms with Gasteiger partial charge in [0.15, 0.2) is 5.17 Å². The van der Waals surface area contributed by atoms with Crippen molar-refractivity contribution in [2.75, 3.05) is 6.54 Å². The molecule has 6 nitrogen and oxygen atoms in total. The lowest BCUT2D eigenvalue weighted by molar-refractivity contribution is -0.121. The van der Waals surface area contributed by atoms with Crippen LogP contribution >= 0.6 is 23.1 Å². The Labute approximate surface area is 147 Å². The standard InChI is InChI=1S/C15H12N2O4S3/c1-2-7-17-14(18)12(10-11-5-3-8-21-11)23-15(17)16-24(19,20)13-6-4-9-22-13/h2-6,8-10H,1,7H2/b12-10-,16-15+. The second kappa shape index (κ2) is 6.80. The van der Waals surface area contributed by atoms with Gasteiger partial charge in [0.25, 0.3) is 15.9 Å². The van der Waals surface area contributed by atoms with Crippen molar-refractivity contribution < 1.29 is 17.6 Å². The Kier molecular flexibility index (Phi) is 4.74. The smallest absolute Gasteiger partial charge is 0.294 e. The minimum Gasteiger partial charge on any atom is -0.465 e. The van der Waals surface area contributed by atoms with E-state index in [1.165, 1.54) is 23.3 Å². The van der Waals surface area contributed by atoms with E-state index < -0.39 is 10.0 Å². The summed E-state index contributed by atoms with van der Waals surface area (Å²) < 4.78 is 33.8. The molecule has 1 saturated heterocycles. The van der Waals surface area contributed by atoms with Crippen LogP contribution in [0.5, 0.6) is 0 Å². The van der Waals surface area contributed by atoms with Crippen molar-refractivity contribution >= 4 is 50.3 Å². The van der Waals surface area contributed by atoms with Gasteiger partial charge in [-0.2, -0.15) is 8.42 Å². The fourth-order valence-corrected chi connectivity index (χ4v) is 5.07. The van der Waals surface area contributed by atoms with Crippen LogP contribution in [0.3, 0.4) is 0 Å². The first-order chi connectivity index (χ1) is 11.5. The molecule has 0 saturated carbocycles. The molecule has 0 spiro atoms. The number of thiophene rings is 1. The number of rotatable bonds is 5. The molecule has 1 aliphatic heterocycles. The SMILES string of the molecule is C=CCN1C(=O)/C(=C/c2ccco2)S/C1=N/S(=O)(=O)c1cccs1. The van der Waals surface area contributed by atoms with E-state index in [1.54, 1.807) is 29.7 Å². The van der Waals surface area contributed by atoms with Gasteiger partial charge in [-0.25, -0.2) is 0 Å². The second-order valence-electron chi connectivity index (χ2n) is 4.61. The molecule has 1 aliphatic rings. The van der Waals surface area contributed by atoms with E-state index in [0.29, 0.717) is 10.7 Å². The fraction of sp³-hybridized carbons (Fsp3) is 0.0667. The van der Waals surface area contributed by atoms with Gasteiger partial charge in [0.1, 0.15) is 9.97 Å². The molecule has 0 unspecified atom stereocenters. The summed E-state index contributed by atoms with van der Waals surface area (Å²) in [5, 5.41) is 1.76. The first-order valence-corrected chi connectivity index (χ1v) is 9.89. The van der Waals surface area contributed by atoms with Crippen LogP contribution in [0.15, 0.2) is 66.5 Å². The largest absolute Gasteiger partial charge is 0.465 e. The minimum absolute atomic E-state index is 0.103. The predicted octanol–water partition coefficient (Wildman–Crippen LogP) is 3.19. The maximum atomic E-state index is 12.5. The van der Waals surface area contributed by atoms with Crippen molar-refractivity contribution in [1.29, 1.82) is 0 Å². The van der Waals surface area contributed by atoms with Gasteiger partial charge in [-0.15, -0.1) is 22.3 Å². The molecular weight excluding hydrogens is 368 g/mol. The molecule has 9 heteroatoms. The van der Waals surface area contributed by atoms with Crippen molar-refractivity contribution in [2.45, 2.75) is 4.21 Å². The van der Waals surface area contributed by atoms with Crippen LogP contribution < -0.4 is 0 Å². The maximum Gasteiger partial charge on any atom is 0.294 e. The van der Waals surface area contributed by atoms with E-state index >= 15 is 0 Å². The van der Waals surface area contributed by atoms with Gasteiger partial charge >= 0.3 is 0 Å². The summed E-state index contributed by atoms with van der Waals surface area (Å²) >= 11 is 2.07. The molecule has 2 aromatic rings. The molecule has 0 aliphatic carbocycles. The van der Waals surface area contributed by atoms with Gasteiger partial charge in [0, 0.05) is 12.6 Å². The molecule has 1 fully saturated rings. The van der Waals surface area contributed by atoms with E-state index in [9.17, 15) is 13.2 Å². The van der Waals surface area contributed by atoms with Crippen LogP contribution in [0.2, 0.25) is 0 Å². The Hall–Kier alpha value is -2.10. The third kappa shape index (κ3) is 3.37. The van der Waals surface area contributed by atoms with Crippen LogP contribution in [0.1, 0.15) is 5.76 Å². The number of thioether (sulfide) groups is 1. The monoisotopic (exact) mass is 380 g/mol. The molecule has 24 heavy (non-hydrogen) atoms. The number of nitrogens with zero attached hydrogens (tertiary/aromatic N) is 2. The highest BCUT2D eigenvalue weighted by Gasteiger charge is 2.34. The number of hydrogen-bond donors (Lipinski definition) is 0. The van der Waals surface area contributed by atoms with Crippen molar-refractivity contribution in [3.05, 3.63) is 59.2 Å². The zero-order valence-electron chi connectivity index (χ0n) is 12.3.